The second-order valence-corrected chi connectivity index (χ2v) is 6.79. The highest BCUT2D eigenvalue weighted by Gasteiger charge is 2.53. The molecule has 0 spiro atoms. The standard InChI is InChI=1S/C16H25NO2/c1-12(18)16(8-9-16)14-6-10-17(11-7-14)15(19)13-4-2-3-5-13/h13-14H,2-11H2,1H3. The molecule has 19 heavy (non-hydrogen) atoms. The summed E-state index contributed by atoms with van der Waals surface area (Å²) in [5.41, 5.74) is 0.0164. The molecule has 2 aliphatic carbocycles. The largest absolute Gasteiger partial charge is 0.342 e. The molecule has 0 atom stereocenters. The fraction of sp³-hybridized carbons (Fsp3) is 0.875. The molecule has 0 N–H and O–H groups in total. The molecule has 3 fully saturated rings. The third kappa shape index (κ3) is 2.32. The number of Topliss-reactive ketones (excluding diaryl/α,β-unsaturated/α-hetero) is 1. The molecule has 0 aromatic heterocycles. The molecule has 106 valence electrons. The van der Waals surface area contributed by atoms with E-state index in [-0.39, 0.29) is 5.41 Å². The summed E-state index contributed by atoms with van der Waals surface area (Å²) in [6.07, 6.45) is 8.89. The summed E-state index contributed by atoms with van der Waals surface area (Å²) in [5, 5.41) is 0. The van der Waals surface area contributed by atoms with Gasteiger partial charge in [-0.05, 0) is 51.4 Å². The van der Waals surface area contributed by atoms with Crippen LogP contribution in [0.15, 0.2) is 0 Å². The number of piperidine rings is 1. The van der Waals surface area contributed by atoms with Crippen LogP contribution in [0.2, 0.25) is 0 Å². The highest BCUT2D eigenvalue weighted by Crippen LogP contribution is 2.55. The van der Waals surface area contributed by atoms with Gasteiger partial charge in [-0.25, -0.2) is 0 Å². The van der Waals surface area contributed by atoms with E-state index >= 15 is 0 Å². The van der Waals surface area contributed by atoms with E-state index in [9.17, 15) is 9.59 Å². The van der Waals surface area contributed by atoms with Gasteiger partial charge < -0.3 is 4.90 Å². The maximum Gasteiger partial charge on any atom is 0.225 e. The first-order valence-electron chi connectivity index (χ1n) is 7.93. The molecule has 1 heterocycles. The fourth-order valence-corrected chi connectivity index (χ4v) is 4.27. The normalized spacial score (nSPS) is 27.5. The lowest BCUT2D eigenvalue weighted by molar-refractivity contribution is -0.137. The summed E-state index contributed by atoms with van der Waals surface area (Å²) >= 11 is 0. The number of ketones is 1. The Bertz CT molecular complexity index is 372. The molecule has 3 nitrogen and oxygen atoms in total. The Kier molecular flexibility index (Phi) is 3.40. The van der Waals surface area contributed by atoms with Gasteiger partial charge in [0.15, 0.2) is 0 Å². The van der Waals surface area contributed by atoms with Crippen molar-refractivity contribution < 1.29 is 9.59 Å². The predicted octanol–water partition coefficient (Wildman–Crippen LogP) is 2.78. The van der Waals surface area contributed by atoms with E-state index in [0.29, 0.717) is 23.5 Å². The lowest BCUT2D eigenvalue weighted by Crippen LogP contribution is -2.43. The minimum Gasteiger partial charge on any atom is -0.342 e. The molecule has 0 aromatic rings. The van der Waals surface area contributed by atoms with Gasteiger partial charge in [-0.1, -0.05) is 12.8 Å². The van der Waals surface area contributed by atoms with Crippen molar-refractivity contribution in [2.24, 2.45) is 17.3 Å². The summed E-state index contributed by atoms with van der Waals surface area (Å²) in [7, 11) is 0. The van der Waals surface area contributed by atoms with Crippen LogP contribution in [0.5, 0.6) is 0 Å². The van der Waals surface area contributed by atoms with Gasteiger partial charge in [0.1, 0.15) is 5.78 Å². The van der Waals surface area contributed by atoms with E-state index in [1.807, 2.05) is 0 Å². The zero-order chi connectivity index (χ0) is 13.5. The van der Waals surface area contributed by atoms with E-state index in [0.717, 1.165) is 51.6 Å². The van der Waals surface area contributed by atoms with E-state index < -0.39 is 0 Å². The maximum atomic E-state index is 12.4. The third-order valence-corrected chi connectivity index (χ3v) is 5.78. The number of carbonyl (C=O) groups excluding carboxylic acids is 2. The number of likely N-dealkylation sites (tertiary alicyclic amines) is 1. The minimum atomic E-state index is 0.0164. The zero-order valence-corrected chi connectivity index (χ0v) is 12.0. The molecule has 0 radical (unpaired) electrons. The van der Waals surface area contributed by atoms with Crippen LogP contribution in [0.1, 0.15) is 58.3 Å². The number of amides is 1. The Morgan fingerprint density at radius 1 is 1.00 bits per heavy atom. The Morgan fingerprint density at radius 2 is 1.58 bits per heavy atom. The third-order valence-electron chi connectivity index (χ3n) is 5.78. The smallest absolute Gasteiger partial charge is 0.225 e. The minimum absolute atomic E-state index is 0.0164. The number of nitrogens with zero attached hydrogens (tertiary/aromatic N) is 1. The second-order valence-electron chi connectivity index (χ2n) is 6.79. The van der Waals surface area contributed by atoms with Crippen LogP contribution < -0.4 is 0 Å². The molecule has 0 bridgehead atoms. The van der Waals surface area contributed by atoms with Crippen LogP contribution in [0.25, 0.3) is 0 Å². The van der Waals surface area contributed by atoms with Crippen molar-refractivity contribution in [1.29, 1.82) is 0 Å². The van der Waals surface area contributed by atoms with Gasteiger partial charge in [0.05, 0.1) is 0 Å². The molecule has 1 aliphatic heterocycles. The van der Waals surface area contributed by atoms with E-state index in [1.54, 1.807) is 6.92 Å². The predicted molar refractivity (Wildman–Crippen MR) is 73.6 cm³/mol. The molecule has 3 aliphatic rings. The number of rotatable bonds is 3. The van der Waals surface area contributed by atoms with E-state index in [4.69, 9.17) is 0 Å². The summed E-state index contributed by atoms with van der Waals surface area (Å²) in [5.74, 6) is 1.62. The quantitative estimate of drug-likeness (QED) is 0.785. The topological polar surface area (TPSA) is 37.4 Å². The average molecular weight is 263 g/mol. The van der Waals surface area contributed by atoms with E-state index in [2.05, 4.69) is 4.90 Å². The number of hydrogen-bond donors (Lipinski definition) is 0. The van der Waals surface area contributed by atoms with Crippen molar-refractivity contribution in [2.45, 2.75) is 58.3 Å². The number of carbonyl (C=O) groups is 2. The van der Waals surface area contributed by atoms with Crippen LogP contribution in [-0.2, 0) is 9.59 Å². The molecule has 1 saturated heterocycles. The van der Waals surface area contributed by atoms with Gasteiger partial charge >= 0.3 is 0 Å². The van der Waals surface area contributed by atoms with Gasteiger partial charge in [-0.15, -0.1) is 0 Å². The SMILES string of the molecule is CC(=O)C1(C2CCN(C(=O)C3CCCC3)CC2)CC1. The number of hydrogen-bond acceptors (Lipinski definition) is 2. The molecular weight excluding hydrogens is 238 g/mol. The Balaban J connectivity index is 1.55. The molecular formula is C16H25NO2. The Labute approximate surface area is 115 Å². The van der Waals surface area contributed by atoms with Crippen LogP contribution in [0, 0.1) is 17.3 Å². The maximum absolute atomic E-state index is 12.4. The summed E-state index contributed by atoms with van der Waals surface area (Å²) in [6, 6.07) is 0. The van der Waals surface area contributed by atoms with Crippen LogP contribution in [0.3, 0.4) is 0 Å². The van der Waals surface area contributed by atoms with Crippen molar-refractivity contribution in [1.82, 2.24) is 4.90 Å². The van der Waals surface area contributed by atoms with Crippen molar-refractivity contribution >= 4 is 11.7 Å². The van der Waals surface area contributed by atoms with Gasteiger partial charge in [0.25, 0.3) is 0 Å². The molecule has 3 rings (SSSR count). The van der Waals surface area contributed by atoms with Crippen molar-refractivity contribution in [3.8, 4) is 0 Å². The average Bonchev–Trinajstić information content (AvgIpc) is 3.07. The first kappa shape index (κ1) is 13.1. The van der Waals surface area contributed by atoms with Crippen molar-refractivity contribution in [2.75, 3.05) is 13.1 Å². The highest BCUT2D eigenvalue weighted by atomic mass is 16.2. The van der Waals surface area contributed by atoms with Gasteiger partial charge in [-0.2, -0.15) is 0 Å². The molecule has 0 unspecified atom stereocenters. The molecule has 3 heteroatoms. The first-order valence-corrected chi connectivity index (χ1v) is 7.93. The summed E-state index contributed by atoms with van der Waals surface area (Å²) in [4.78, 5) is 26.2. The fourth-order valence-electron chi connectivity index (χ4n) is 4.27. The molecule has 1 amide bonds. The van der Waals surface area contributed by atoms with Gasteiger partial charge in [0.2, 0.25) is 5.91 Å². The lowest BCUT2D eigenvalue weighted by Gasteiger charge is -2.36. The zero-order valence-electron chi connectivity index (χ0n) is 12.0. The second kappa shape index (κ2) is 4.92. The monoisotopic (exact) mass is 263 g/mol. The van der Waals surface area contributed by atoms with Gasteiger partial charge in [0, 0.05) is 24.4 Å². The van der Waals surface area contributed by atoms with E-state index in [1.165, 1.54) is 12.8 Å². The Morgan fingerprint density at radius 3 is 2.05 bits per heavy atom. The van der Waals surface area contributed by atoms with Crippen molar-refractivity contribution in [3.05, 3.63) is 0 Å². The molecule has 0 aromatic carbocycles. The highest BCUT2D eigenvalue weighted by molar-refractivity contribution is 5.85. The van der Waals surface area contributed by atoms with Crippen molar-refractivity contribution in [3.63, 3.8) is 0 Å². The lowest BCUT2D eigenvalue weighted by atomic mass is 9.79. The van der Waals surface area contributed by atoms with Gasteiger partial charge in [-0.3, -0.25) is 9.59 Å². The first-order chi connectivity index (χ1) is 9.13. The van der Waals surface area contributed by atoms with Crippen LogP contribution in [-0.4, -0.2) is 29.7 Å². The Hall–Kier alpha value is -0.860. The summed E-state index contributed by atoms with van der Waals surface area (Å²) < 4.78 is 0. The van der Waals surface area contributed by atoms with Crippen LogP contribution >= 0.6 is 0 Å². The molecule has 2 saturated carbocycles. The van der Waals surface area contributed by atoms with Crippen LogP contribution in [0.4, 0.5) is 0 Å². The summed E-state index contributed by atoms with van der Waals surface area (Å²) in [6.45, 7) is 3.52.